The van der Waals surface area contributed by atoms with Crippen LogP contribution >= 0.6 is 11.8 Å². The molecule has 0 aliphatic heterocycles. The molecule has 0 heterocycles. The molecule has 0 fully saturated rings. The summed E-state index contributed by atoms with van der Waals surface area (Å²) in [6.07, 6.45) is 0. The average molecular weight is 375 g/mol. The van der Waals surface area contributed by atoms with E-state index >= 15 is 0 Å². The molecule has 138 valence electrons. The van der Waals surface area contributed by atoms with Crippen molar-refractivity contribution in [1.29, 1.82) is 0 Å². The molecule has 6 nitrogen and oxygen atoms in total. The van der Waals surface area contributed by atoms with E-state index in [1.807, 2.05) is 36.4 Å². The van der Waals surface area contributed by atoms with Crippen LogP contribution in [0.2, 0.25) is 0 Å². The number of aliphatic carboxylic acids is 1. The van der Waals surface area contributed by atoms with Crippen molar-refractivity contribution in [2.45, 2.75) is 25.8 Å². The number of hydrogen-bond acceptors (Lipinski definition) is 5. The molecular weight excluding hydrogens is 354 g/mol. The van der Waals surface area contributed by atoms with Gasteiger partial charge in [0.2, 0.25) is 5.91 Å². The van der Waals surface area contributed by atoms with Crippen molar-refractivity contribution in [3.63, 3.8) is 0 Å². The lowest BCUT2D eigenvalue weighted by molar-refractivity contribution is -0.140. The highest BCUT2D eigenvalue weighted by molar-refractivity contribution is 8.13. The quantitative estimate of drug-likeness (QED) is 0.773. The first kappa shape index (κ1) is 19.8. The lowest BCUT2D eigenvalue weighted by Gasteiger charge is -2.15. The predicted molar refractivity (Wildman–Crippen MR) is 102 cm³/mol. The van der Waals surface area contributed by atoms with Crippen molar-refractivity contribution < 1.29 is 24.2 Å². The Balaban J connectivity index is 2.08. The van der Waals surface area contributed by atoms with Gasteiger partial charge in [-0.25, -0.2) is 4.79 Å². The minimum absolute atomic E-state index is 0.0110. The van der Waals surface area contributed by atoms with Gasteiger partial charge in [-0.1, -0.05) is 43.0 Å². The molecule has 26 heavy (non-hydrogen) atoms. The maximum atomic E-state index is 12.4. The fraction of sp³-hybridized carbons (Fsp3) is 0.316. The molecule has 0 spiro atoms. The third-order valence-electron chi connectivity index (χ3n) is 3.99. The number of nitrogens with one attached hydrogen (secondary N) is 1. The molecular formula is C19H21NO5S. The van der Waals surface area contributed by atoms with Gasteiger partial charge in [-0.15, -0.1) is 0 Å². The molecule has 0 aliphatic rings. The molecule has 0 bridgehead atoms. The Kier molecular flexibility index (Phi) is 6.63. The minimum atomic E-state index is -1.16. The number of rotatable bonds is 7. The first-order chi connectivity index (χ1) is 12.3. The Morgan fingerprint density at radius 1 is 1.15 bits per heavy atom. The summed E-state index contributed by atoms with van der Waals surface area (Å²) < 4.78 is 5.20. The third kappa shape index (κ3) is 4.98. The van der Waals surface area contributed by atoms with Gasteiger partial charge in [-0.05, 0) is 28.5 Å². The molecule has 1 unspecified atom stereocenters. The Hall–Kier alpha value is -2.54. The fourth-order valence-corrected chi connectivity index (χ4v) is 3.43. The van der Waals surface area contributed by atoms with E-state index in [1.54, 1.807) is 14.0 Å². The number of thioether (sulfide) groups is 1. The van der Waals surface area contributed by atoms with Crippen LogP contribution in [-0.4, -0.2) is 41.0 Å². The number of hydrogen-bond donors (Lipinski definition) is 2. The van der Waals surface area contributed by atoms with Crippen LogP contribution in [0.1, 0.15) is 25.3 Å². The minimum Gasteiger partial charge on any atom is -0.497 e. The van der Waals surface area contributed by atoms with Crippen LogP contribution in [0.3, 0.4) is 0 Å². The van der Waals surface area contributed by atoms with Crippen molar-refractivity contribution in [2.75, 3.05) is 12.9 Å². The molecule has 0 aliphatic carbocycles. The Bertz CT molecular complexity index is 836. The molecule has 0 radical (unpaired) electrons. The molecule has 0 saturated carbocycles. The highest BCUT2D eigenvalue weighted by atomic mass is 32.2. The smallest absolute Gasteiger partial charge is 0.327 e. The number of fused-ring (bicyclic) bond motifs is 1. The summed E-state index contributed by atoms with van der Waals surface area (Å²) in [5, 5.41) is 13.3. The largest absolute Gasteiger partial charge is 0.497 e. The van der Waals surface area contributed by atoms with Crippen LogP contribution in [-0.2, 0) is 14.4 Å². The van der Waals surface area contributed by atoms with Crippen molar-refractivity contribution in [3.05, 3.63) is 42.0 Å². The Morgan fingerprint density at radius 2 is 1.81 bits per heavy atom. The number of methoxy groups -OCH3 is 1. The number of carboxylic acid groups (broad SMARTS) is 1. The molecule has 2 aromatic rings. The molecule has 2 rings (SSSR count). The molecule has 2 aromatic carbocycles. The van der Waals surface area contributed by atoms with E-state index < -0.39 is 23.8 Å². The average Bonchev–Trinajstić information content (AvgIpc) is 2.62. The van der Waals surface area contributed by atoms with Gasteiger partial charge >= 0.3 is 5.97 Å². The van der Waals surface area contributed by atoms with Crippen molar-refractivity contribution in [2.24, 2.45) is 0 Å². The standard InChI is InChI=1S/C19H21NO5S/c1-11(19(24)26-10-17(18(22)23)20-12(2)21)13-4-5-15-9-16(25-3)7-6-14(15)8-13/h4-9,11,17H,10H2,1-3H3,(H,20,21)(H,22,23)/t11?,17-/m1/s1. The zero-order valence-corrected chi connectivity index (χ0v) is 15.6. The van der Waals surface area contributed by atoms with Gasteiger partial charge in [-0.2, -0.15) is 0 Å². The Labute approximate surface area is 155 Å². The summed E-state index contributed by atoms with van der Waals surface area (Å²) in [5.41, 5.74) is 0.853. The van der Waals surface area contributed by atoms with E-state index in [2.05, 4.69) is 5.32 Å². The van der Waals surface area contributed by atoms with E-state index in [0.29, 0.717) is 0 Å². The monoisotopic (exact) mass is 375 g/mol. The van der Waals surface area contributed by atoms with Gasteiger partial charge in [0, 0.05) is 12.7 Å². The zero-order valence-electron chi connectivity index (χ0n) is 14.8. The fourth-order valence-electron chi connectivity index (χ4n) is 2.49. The summed E-state index contributed by atoms with van der Waals surface area (Å²) in [6.45, 7) is 3.03. The molecule has 7 heteroatoms. The van der Waals surface area contributed by atoms with Crippen LogP contribution in [0.15, 0.2) is 36.4 Å². The number of amides is 1. The van der Waals surface area contributed by atoms with Gasteiger partial charge in [0.1, 0.15) is 11.8 Å². The molecule has 0 aromatic heterocycles. The van der Waals surface area contributed by atoms with Crippen molar-refractivity contribution in [1.82, 2.24) is 5.32 Å². The van der Waals surface area contributed by atoms with Crippen LogP contribution in [0.25, 0.3) is 10.8 Å². The zero-order chi connectivity index (χ0) is 19.3. The highest BCUT2D eigenvalue weighted by Crippen LogP contribution is 2.28. The summed E-state index contributed by atoms with van der Waals surface area (Å²) in [5.74, 6) is -1.24. The van der Waals surface area contributed by atoms with E-state index in [0.717, 1.165) is 33.8 Å². The van der Waals surface area contributed by atoms with Crippen LogP contribution < -0.4 is 10.1 Å². The molecule has 2 N–H and O–H groups in total. The Morgan fingerprint density at radius 3 is 2.42 bits per heavy atom. The highest BCUT2D eigenvalue weighted by Gasteiger charge is 2.23. The number of carboxylic acids is 1. The van der Waals surface area contributed by atoms with Gasteiger partial charge in [0.15, 0.2) is 5.12 Å². The van der Waals surface area contributed by atoms with Crippen LogP contribution in [0.5, 0.6) is 5.75 Å². The van der Waals surface area contributed by atoms with Crippen LogP contribution in [0.4, 0.5) is 0 Å². The summed E-state index contributed by atoms with van der Waals surface area (Å²) >= 11 is 0.915. The second kappa shape index (κ2) is 8.71. The van der Waals surface area contributed by atoms with Crippen molar-refractivity contribution in [3.8, 4) is 5.75 Å². The second-order valence-electron chi connectivity index (χ2n) is 5.92. The number of carbonyl (C=O) groups is 3. The SMILES string of the molecule is COc1ccc2cc(C(C)C(=O)SC[C@@H](NC(C)=O)C(=O)O)ccc2c1. The van der Waals surface area contributed by atoms with E-state index in [-0.39, 0.29) is 10.9 Å². The first-order valence-electron chi connectivity index (χ1n) is 8.06. The van der Waals surface area contributed by atoms with E-state index in [9.17, 15) is 14.4 Å². The molecule has 2 atom stereocenters. The maximum Gasteiger partial charge on any atom is 0.327 e. The third-order valence-corrected chi connectivity index (χ3v) is 5.13. The second-order valence-corrected chi connectivity index (χ2v) is 6.94. The van der Waals surface area contributed by atoms with Gasteiger partial charge in [0.05, 0.1) is 13.0 Å². The van der Waals surface area contributed by atoms with Crippen molar-refractivity contribution >= 4 is 39.5 Å². The topological polar surface area (TPSA) is 92.7 Å². The first-order valence-corrected chi connectivity index (χ1v) is 9.04. The summed E-state index contributed by atoms with van der Waals surface area (Å²) in [6, 6.07) is 10.4. The summed E-state index contributed by atoms with van der Waals surface area (Å²) in [7, 11) is 1.61. The van der Waals surface area contributed by atoms with E-state index in [1.165, 1.54) is 6.92 Å². The maximum absolute atomic E-state index is 12.4. The number of ether oxygens (including phenoxy) is 1. The van der Waals surface area contributed by atoms with E-state index in [4.69, 9.17) is 9.84 Å². The lowest BCUT2D eigenvalue weighted by Crippen LogP contribution is -2.41. The molecule has 1 amide bonds. The predicted octanol–water partition coefficient (Wildman–Crippen LogP) is 2.80. The van der Waals surface area contributed by atoms with Crippen LogP contribution in [0, 0.1) is 0 Å². The number of carbonyl (C=O) groups excluding carboxylic acids is 2. The molecule has 0 saturated heterocycles. The number of benzene rings is 2. The summed E-state index contributed by atoms with van der Waals surface area (Å²) in [4.78, 5) is 34.6. The van der Waals surface area contributed by atoms with Gasteiger partial charge in [-0.3, -0.25) is 9.59 Å². The van der Waals surface area contributed by atoms with Gasteiger partial charge < -0.3 is 15.2 Å². The normalized spacial score (nSPS) is 13.0. The van der Waals surface area contributed by atoms with Gasteiger partial charge in [0.25, 0.3) is 0 Å². The lowest BCUT2D eigenvalue weighted by atomic mass is 9.99.